The standard InChI is InChI=1S/C25H35N3O6/c1-9-16(3)20(27-24(32)34-25(4,5)6)23(31)28(7)21(22(30)26-15-19(29)33-8)18-14-12-11-13-17(18)10-2/h2,11-14,16,20-21H,9,15H2,1,3-8H3,(H,26,30)(H,27,32). The normalized spacial score (nSPS) is 13.5. The predicted molar refractivity (Wildman–Crippen MR) is 128 cm³/mol. The van der Waals surface area contributed by atoms with Crippen molar-refractivity contribution in [2.75, 3.05) is 20.7 Å². The molecule has 0 saturated heterocycles. The lowest BCUT2D eigenvalue weighted by Crippen LogP contribution is -2.54. The lowest BCUT2D eigenvalue weighted by Gasteiger charge is -2.33. The number of nitrogens with one attached hydrogen (secondary N) is 2. The Kier molecular flexibility index (Phi) is 10.6. The molecule has 9 nitrogen and oxygen atoms in total. The van der Waals surface area contributed by atoms with Crippen molar-refractivity contribution in [3.8, 4) is 12.3 Å². The second kappa shape index (κ2) is 12.6. The van der Waals surface area contributed by atoms with E-state index in [0.717, 1.165) is 0 Å². The van der Waals surface area contributed by atoms with Gasteiger partial charge < -0.3 is 25.0 Å². The molecule has 3 amide bonds. The van der Waals surface area contributed by atoms with Gasteiger partial charge in [-0.3, -0.25) is 14.4 Å². The highest BCUT2D eigenvalue weighted by Gasteiger charge is 2.37. The predicted octanol–water partition coefficient (Wildman–Crippen LogP) is 2.40. The molecule has 1 rings (SSSR count). The Hall–Kier alpha value is -3.54. The van der Waals surface area contributed by atoms with Gasteiger partial charge in [-0.2, -0.15) is 0 Å². The minimum Gasteiger partial charge on any atom is -0.468 e. The van der Waals surface area contributed by atoms with E-state index in [1.165, 1.54) is 19.1 Å². The monoisotopic (exact) mass is 473 g/mol. The van der Waals surface area contributed by atoms with Gasteiger partial charge in [0.25, 0.3) is 0 Å². The molecule has 1 aromatic rings. The maximum absolute atomic E-state index is 13.6. The fourth-order valence-corrected chi connectivity index (χ4v) is 3.19. The second-order valence-electron chi connectivity index (χ2n) is 8.89. The van der Waals surface area contributed by atoms with Crippen LogP contribution in [0.3, 0.4) is 0 Å². The first-order valence-corrected chi connectivity index (χ1v) is 11.0. The third-order valence-corrected chi connectivity index (χ3v) is 5.18. The van der Waals surface area contributed by atoms with Crippen molar-refractivity contribution < 1.29 is 28.7 Å². The molecule has 9 heteroatoms. The molecular formula is C25H35N3O6. The first-order chi connectivity index (χ1) is 15.9. The minimum absolute atomic E-state index is 0.260. The van der Waals surface area contributed by atoms with Crippen LogP contribution < -0.4 is 10.6 Å². The number of nitrogens with zero attached hydrogens (tertiary/aromatic N) is 1. The van der Waals surface area contributed by atoms with E-state index >= 15 is 0 Å². The number of hydrogen-bond donors (Lipinski definition) is 2. The first kappa shape index (κ1) is 28.5. The maximum Gasteiger partial charge on any atom is 0.408 e. The van der Waals surface area contributed by atoms with Crippen LogP contribution in [-0.2, 0) is 23.9 Å². The fourth-order valence-electron chi connectivity index (χ4n) is 3.19. The highest BCUT2D eigenvalue weighted by molar-refractivity contribution is 5.93. The topological polar surface area (TPSA) is 114 Å². The van der Waals surface area contributed by atoms with E-state index in [-0.39, 0.29) is 12.5 Å². The molecule has 0 heterocycles. The first-order valence-electron chi connectivity index (χ1n) is 11.0. The number of alkyl carbamates (subject to hydrolysis) is 1. The SMILES string of the molecule is C#Cc1ccccc1C(C(=O)NCC(=O)OC)N(C)C(=O)C(NC(=O)OC(C)(C)C)C(C)CC. The number of amides is 3. The van der Waals surface area contributed by atoms with E-state index in [0.29, 0.717) is 17.5 Å². The van der Waals surface area contributed by atoms with Crippen LogP contribution in [0.25, 0.3) is 0 Å². The molecular weight excluding hydrogens is 438 g/mol. The smallest absolute Gasteiger partial charge is 0.408 e. The molecule has 0 spiro atoms. The zero-order chi connectivity index (χ0) is 26.1. The van der Waals surface area contributed by atoms with Crippen molar-refractivity contribution in [2.45, 2.75) is 58.7 Å². The Labute approximate surface area is 201 Å². The Morgan fingerprint density at radius 1 is 1.18 bits per heavy atom. The second-order valence-corrected chi connectivity index (χ2v) is 8.89. The van der Waals surface area contributed by atoms with Gasteiger partial charge in [0.1, 0.15) is 24.2 Å². The number of carbonyl (C=O) groups excluding carboxylic acids is 4. The van der Waals surface area contributed by atoms with Gasteiger partial charge in [0.15, 0.2) is 0 Å². The molecule has 1 aromatic carbocycles. The third-order valence-electron chi connectivity index (χ3n) is 5.18. The van der Waals surface area contributed by atoms with Crippen LogP contribution in [0.15, 0.2) is 24.3 Å². The van der Waals surface area contributed by atoms with Gasteiger partial charge in [-0.15, -0.1) is 6.42 Å². The Bertz CT molecular complexity index is 931. The summed E-state index contributed by atoms with van der Waals surface area (Å²) < 4.78 is 9.90. The van der Waals surface area contributed by atoms with Crippen LogP contribution in [-0.4, -0.2) is 61.1 Å². The number of ether oxygens (including phenoxy) is 2. The van der Waals surface area contributed by atoms with Crippen LogP contribution in [0, 0.1) is 18.3 Å². The van der Waals surface area contributed by atoms with Crippen molar-refractivity contribution in [3.63, 3.8) is 0 Å². The molecule has 0 bridgehead atoms. The summed E-state index contributed by atoms with van der Waals surface area (Å²) in [5.74, 6) is 0.489. The maximum atomic E-state index is 13.6. The molecule has 0 fully saturated rings. The summed E-state index contributed by atoms with van der Waals surface area (Å²) in [6.45, 7) is 8.48. The Morgan fingerprint density at radius 2 is 1.79 bits per heavy atom. The molecule has 3 unspecified atom stereocenters. The Morgan fingerprint density at radius 3 is 2.32 bits per heavy atom. The van der Waals surface area contributed by atoms with Crippen LogP contribution in [0.2, 0.25) is 0 Å². The van der Waals surface area contributed by atoms with E-state index in [1.807, 2.05) is 13.8 Å². The molecule has 3 atom stereocenters. The number of rotatable bonds is 9. The number of likely N-dealkylation sites (N-methyl/N-ethyl adjacent to an activating group) is 1. The lowest BCUT2D eigenvalue weighted by molar-refractivity contribution is -0.144. The van der Waals surface area contributed by atoms with Gasteiger partial charge in [-0.1, -0.05) is 44.4 Å². The molecule has 34 heavy (non-hydrogen) atoms. The molecule has 0 aliphatic carbocycles. The number of esters is 1. The van der Waals surface area contributed by atoms with E-state index in [1.54, 1.807) is 45.0 Å². The van der Waals surface area contributed by atoms with Crippen molar-refractivity contribution in [1.82, 2.24) is 15.5 Å². The molecule has 0 aliphatic heterocycles. The molecule has 0 radical (unpaired) electrons. The van der Waals surface area contributed by atoms with E-state index in [9.17, 15) is 19.2 Å². The van der Waals surface area contributed by atoms with Gasteiger partial charge >= 0.3 is 12.1 Å². The molecule has 2 N–H and O–H groups in total. The van der Waals surface area contributed by atoms with Crippen molar-refractivity contribution in [1.29, 1.82) is 0 Å². The number of terminal acetylenes is 1. The molecule has 0 aromatic heterocycles. The fraction of sp³-hybridized carbons (Fsp3) is 0.520. The summed E-state index contributed by atoms with van der Waals surface area (Å²) >= 11 is 0. The summed E-state index contributed by atoms with van der Waals surface area (Å²) in [6.07, 6.45) is 5.47. The number of hydrogen-bond acceptors (Lipinski definition) is 6. The third kappa shape index (κ3) is 8.10. The number of methoxy groups -OCH3 is 1. The lowest BCUT2D eigenvalue weighted by atomic mass is 9.94. The molecule has 0 aliphatic rings. The summed E-state index contributed by atoms with van der Waals surface area (Å²) in [5.41, 5.74) is 0.0742. The summed E-state index contributed by atoms with van der Waals surface area (Å²) in [4.78, 5) is 52.0. The highest BCUT2D eigenvalue weighted by Crippen LogP contribution is 2.25. The van der Waals surface area contributed by atoms with Gasteiger partial charge in [-0.25, -0.2) is 4.79 Å². The highest BCUT2D eigenvalue weighted by atomic mass is 16.6. The zero-order valence-corrected chi connectivity index (χ0v) is 20.9. The van der Waals surface area contributed by atoms with Crippen molar-refractivity contribution in [2.24, 2.45) is 5.92 Å². The summed E-state index contributed by atoms with van der Waals surface area (Å²) in [7, 11) is 2.65. The van der Waals surface area contributed by atoms with E-state index < -0.39 is 41.6 Å². The van der Waals surface area contributed by atoms with Crippen LogP contribution in [0.1, 0.15) is 58.2 Å². The van der Waals surface area contributed by atoms with E-state index in [4.69, 9.17) is 11.2 Å². The van der Waals surface area contributed by atoms with E-state index in [2.05, 4.69) is 21.3 Å². The number of benzene rings is 1. The van der Waals surface area contributed by atoms with Crippen LogP contribution in [0.4, 0.5) is 4.79 Å². The molecule has 186 valence electrons. The average molecular weight is 474 g/mol. The van der Waals surface area contributed by atoms with Crippen LogP contribution >= 0.6 is 0 Å². The quantitative estimate of drug-likeness (QED) is 0.421. The minimum atomic E-state index is -1.16. The van der Waals surface area contributed by atoms with Gasteiger partial charge in [0.05, 0.1) is 7.11 Å². The Balaban J connectivity index is 3.36. The average Bonchev–Trinajstić information content (AvgIpc) is 2.79. The zero-order valence-electron chi connectivity index (χ0n) is 20.9. The van der Waals surface area contributed by atoms with Gasteiger partial charge in [0, 0.05) is 12.6 Å². The summed E-state index contributed by atoms with van der Waals surface area (Å²) in [6, 6.07) is 4.59. The van der Waals surface area contributed by atoms with Crippen molar-refractivity contribution in [3.05, 3.63) is 35.4 Å². The number of carbonyl (C=O) groups is 4. The largest absolute Gasteiger partial charge is 0.468 e. The van der Waals surface area contributed by atoms with Crippen molar-refractivity contribution >= 4 is 23.9 Å². The van der Waals surface area contributed by atoms with Crippen LogP contribution in [0.5, 0.6) is 0 Å². The van der Waals surface area contributed by atoms with Gasteiger partial charge in [0.2, 0.25) is 11.8 Å². The summed E-state index contributed by atoms with van der Waals surface area (Å²) in [5, 5.41) is 5.12. The van der Waals surface area contributed by atoms with Gasteiger partial charge in [-0.05, 0) is 38.3 Å². The molecule has 0 saturated carbocycles.